The number of hydrazine groups is 1. The van der Waals surface area contributed by atoms with Gasteiger partial charge in [0.15, 0.2) is 0 Å². The molecule has 36 heavy (non-hydrogen) atoms. The highest BCUT2D eigenvalue weighted by Crippen LogP contribution is 2.47. The minimum absolute atomic E-state index is 0. The van der Waals surface area contributed by atoms with Gasteiger partial charge in [-0.15, -0.1) is 12.4 Å². The zero-order valence-corrected chi connectivity index (χ0v) is 22.1. The van der Waals surface area contributed by atoms with Crippen LogP contribution in [-0.2, 0) is 20.8 Å². The van der Waals surface area contributed by atoms with Crippen molar-refractivity contribution in [3.8, 4) is 0 Å². The van der Waals surface area contributed by atoms with E-state index in [0.29, 0.717) is 5.69 Å². The first kappa shape index (κ1) is 31.0. The highest BCUT2D eigenvalue weighted by Gasteiger charge is 2.52. The Balaban J connectivity index is 0.00000648. The molecule has 2 atom stereocenters. The molecule has 198 valence electrons. The third-order valence-corrected chi connectivity index (χ3v) is 6.35. The largest absolute Gasteiger partial charge is 0.348 e. The summed E-state index contributed by atoms with van der Waals surface area (Å²) in [5.74, 6) is 3.29. The van der Waals surface area contributed by atoms with Crippen LogP contribution < -0.4 is 16.7 Å². The monoisotopic (exact) mass is 519 g/mol. The number of aromatic nitrogens is 2. The molecule has 0 fully saturated rings. The molecular weight excluding hydrogens is 482 g/mol. The predicted octanol–water partition coefficient (Wildman–Crippen LogP) is 3.61. The van der Waals surface area contributed by atoms with E-state index in [-0.39, 0.29) is 49.8 Å². The summed E-state index contributed by atoms with van der Waals surface area (Å²) in [6.07, 6.45) is 7.35. The van der Waals surface area contributed by atoms with Crippen LogP contribution in [0, 0.1) is 22.7 Å². The highest BCUT2D eigenvalue weighted by atomic mass is 35.5. The van der Waals surface area contributed by atoms with E-state index in [0.717, 1.165) is 5.56 Å². The molecule has 6 N–H and O–H groups in total. The molecule has 2 amide bonds. The van der Waals surface area contributed by atoms with Gasteiger partial charge >= 0.3 is 0 Å². The number of H-pyrrole nitrogens is 1. The molecule has 2 aromatic rings. The van der Waals surface area contributed by atoms with Crippen LogP contribution in [0.5, 0.6) is 0 Å². The molecule has 0 aliphatic carbocycles. The van der Waals surface area contributed by atoms with E-state index in [4.69, 9.17) is 5.84 Å². The molecule has 0 saturated carbocycles. The van der Waals surface area contributed by atoms with Crippen molar-refractivity contribution >= 4 is 36.1 Å². The Hall–Kier alpha value is -3.01. The minimum Gasteiger partial charge on any atom is -0.348 e. The summed E-state index contributed by atoms with van der Waals surface area (Å²) in [6, 6.07) is 9.54. The van der Waals surface area contributed by atoms with Gasteiger partial charge in [-0.3, -0.25) is 25.0 Å². The van der Waals surface area contributed by atoms with Gasteiger partial charge < -0.3 is 4.98 Å². The Labute approximate surface area is 218 Å². The molecule has 0 saturated heterocycles. The molecule has 9 nitrogen and oxygen atoms in total. The van der Waals surface area contributed by atoms with Crippen molar-refractivity contribution in [2.45, 2.75) is 53.4 Å². The van der Waals surface area contributed by atoms with Crippen molar-refractivity contribution in [3.63, 3.8) is 0 Å². The van der Waals surface area contributed by atoms with Crippen LogP contribution in [0.1, 0.15) is 58.2 Å². The van der Waals surface area contributed by atoms with Crippen molar-refractivity contribution in [2.24, 2.45) is 28.5 Å². The first-order chi connectivity index (χ1) is 16.6. The lowest BCUT2D eigenvalue weighted by Crippen LogP contribution is -2.55. The van der Waals surface area contributed by atoms with Crippen LogP contribution in [0.3, 0.4) is 0 Å². The Morgan fingerprint density at radius 2 is 1.86 bits per heavy atom. The minimum atomic E-state index is -1.36. The smallest absolute Gasteiger partial charge is 0.247 e. The van der Waals surface area contributed by atoms with E-state index < -0.39 is 28.6 Å². The summed E-state index contributed by atoms with van der Waals surface area (Å²) in [5.41, 5.74) is 3.22. The molecule has 10 heteroatoms. The molecule has 0 unspecified atom stereocenters. The van der Waals surface area contributed by atoms with Gasteiger partial charge in [0.05, 0.1) is 17.7 Å². The van der Waals surface area contributed by atoms with Gasteiger partial charge in [-0.1, -0.05) is 70.2 Å². The van der Waals surface area contributed by atoms with Gasteiger partial charge in [-0.25, -0.2) is 16.3 Å². The lowest BCUT2D eigenvalue weighted by atomic mass is 9.59. The first-order valence-corrected chi connectivity index (χ1v) is 11.7. The molecule has 1 aromatic heterocycles. The van der Waals surface area contributed by atoms with Gasteiger partial charge in [-0.2, -0.15) is 0 Å². The van der Waals surface area contributed by atoms with Crippen molar-refractivity contribution in [2.75, 3.05) is 0 Å². The zero-order valence-electron chi connectivity index (χ0n) is 21.3. The first-order valence-electron chi connectivity index (χ1n) is 11.7. The fourth-order valence-electron chi connectivity index (χ4n) is 4.79. The third kappa shape index (κ3) is 8.01. The number of carbonyl (C=O) groups excluding carboxylic acids is 3. The molecule has 0 bridgehead atoms. The van der Waals surface area contributed by atoms with Gasteiger partial charge in [0.2, 0.25) is 11.8 Å². The molecule has 0 aliphatic heterocycles. The maximum absolute atomic E-state index is 13.4. The van der Waals surface area contributed by atoms with E-state index in [1.807, 2.05) is 50.3 Å². The predicted molar refractivity (Wildman–Crippen MR) is 141 cm³/mol. The van der Waals surface area contributed by atoms with Crippen LogP contribution in [0.2, 0.25) is 0 Å². The number of nitrogens with two attached hydrogens (primary N) is 1. The fraction of sp³-hybridized carbons (Fsp3) is 0.462. The second-order valence-corrected chi connectivity index (χ2v) is 10.0. The number of nitrogens with zero attached hydrogens (tertiary/aromatic N) is 1. The molecule has 1 aromatic carbocycles. The van der Waals surface area contributed by atoms with E-state index in [9.17, 15) is 19.6 Å². The van der Waals surface area contributed by atoms with Crippen molar-refractivity contribution in [1.82, 2.24) is 20.9 Å². The number of imidazole rings is 1. The van der Waals surface area contributed by atoms with Crippen LogP contribution >= 0.6 is 12.4 Å². The lowest BCUT2D eigenvalue weighted by molar-refractivity contribution is -0.152. The summed E-state index contributed by atoms with van der Waals surface area (Å²) in [6.45, 7) is 7.40. The number of allylic oxidation sites excluding steroid dienone is 1. The van der Waals surface area contributed by atoms with Gasteiger partial charge in [0, 0.05) is 23.7 Å². The average Bonchev–Trinajstić information content (AvgIpc) is 3.33. The van der Waals surface area contributed by atoms with Crippen molar-refractivity contribution in [3.05, 3.63) is 60.2 Å². The fourth-order valence-corrected chi connectivity index (χ4v) is 4.79. The summed E-state index contributed by atoms with van der Waals surface area (Å²) in [7, 11) is 0. The standard InChI is InChI=1S/C26H37N5O4.ClH/c1-18(2)14-26(24(34)30-27,16-25(3,4)22(32)13-20-15-28-17-29-20)21(23(33)31-35)12-8-11-19-9-6-5-7-10-19;/h5-11,15,17-18,21,35H,12-14,16,27H2,1-4H3,(H,28,29)(H,30,34)(H,31,33);1H/b11-8+;/t21-,26-;/m1./s1. The molecule has 2 rings (SSSR count). The zero-order chi connectivity index (χ0) is 26.1. The maximum atomic E-state index is 13.4. The highest BCUT2D eigenvalue weighted by molar-refractivity contribution is 5.92. The van der Waals surface area contributed by atoms with Crippen LogP contribution in [0.4, 0.5) is 0 Å². The molecule has 0 radical (unpaired) electrons. The van der Waals surface area contributed by atoms with Crippen LogP contribution in [-0.4, -0.2) is 32.8 Å². The normalized spacial score (nSPS) is 14.1. The number of aromatic amines is 1. The van der Waals surface area contributed by atoms with Crippen LogP contribution in [0.25, 0.3) is 6.08 Å². The Morgan fingerprint density at radius 3 is 2.39 bits per heavy atom. The number of nitrogens with one attached hydrogen (secondary N) is 3. The summed E-state index contributed by atoms with van der Waals surface area (Å²) in [5, 5.41) is 9.59. The topological polar surface area (TPSA) is 150 Å². The molecular formula is C26H38ClN5O4. The number of hydrogen-bond acceptors (Lipinski definition) is 6. The van der Waals surface area contributed by atoms with Crippen molar-refractivity contribution < 1.29 is 19.6 Å². The molecule has 0 spiro atoms. The number of halogens is 1. The second-order valence-electron chi connectivity index (χ2n) is 10.0. The second kappa shape index (κ2) is 13.9. The number of ketones is 1. The SMILES string of the molecule is CC(C)C[C@](CC(C)(C)C(=O)Cc1cnc[nH]1)(C(=O)NN)[C@H](C/C=C/c1ccccc1)C(=O)NO.Cl. The number of Topliss-reactive ketones (excluding diaryl/α,β-unsaturated/α-hetero) is 1. The van der Waals surface area contributed by atoms with E-state index in [1.165, 1.54) is 6.33 Å². The Bertz CT molecular complexity index is 1010. The number of hydrogen-bond donors (Lipinski definition) is 5. The molecule has 0 aliphatic rings. The molecule has 1 heterocycles. The third-order valence-electron chi connectivity index (χ3n) is 6.35. The maximum Gasteiger partial charge on any atom is 0.247 e. The number of carbonyl (C=O) groups is 3. The van der Waals surface area contributed by atoms with Crippen LogP contribution in [0.15, 0.2) is 48.9 Å². The summed E-state index contributed by atoms with van der Waals surface area (Å²) >= 11 is 0. The number of amides is 2. The summed E-state index contributed by atoms with van der Waals surface area (Å²) in [4.78, 5) is 46.6. The lowest BCUT2D eigenvalue weighted by Gasteiger charge is -2.43. The van der Waals surface area contributed by atoms with E-state index >= 15 is 0 Å². The Morgan fingerprint density at radius 1 is 1.19 bits per heavy atom. The number of rotatable bonds is 13. The Kier molecular flexibility index (Phi) is 12.0. The number of hydroxylamine groups is 1. The number of benzene rings is 1. The quantitative estimate of drug-likeness (QED) is 0.118. The van der Waals surface area contributed by atoms with E-state index in [2.05, 4.69) is 15.4 Å². The summed E-state index contributed by atoms with van der Waals surface area (Å²) < 4.78 is 0. The average molecular weight is 520 g/mol. The van der Waals surface area contributed by atoms with Gasteiger partial charge in [-0.05, 0) is 30.7 Å². The van der Waals surface area contributed by atoms with Crippen molar-refractivity contribution in [1.29, 1.82) is 0 Å². The van der Waals surface area contributed by atoms with Gasteiger partial charge in [0.25, 0.3) is 0 Å². The van der Waals surface area contributed by atoms with Gasteiger partial charge in [0.1, 0.15) is 5.78 Å². The van der Waals surface area contributed by atoms with E-state index in [1.54, 1.807) is 31.6 Å².